The molecule has 0 saturated heterocycles. The van der Waals surface area contributed by atoms with Crippen molar-refractivity contribution < 1.29 is 90.4 Å². The van der Waals surface area contributed by atoms with Crippen LogP contribution in [-0.4, -0.2) is 89.8 Å². The highest BCUT2D eigenvalue weighted by molar-refractivity contribution is 5.72. The second-order valence-corrected chi connectivity index (χ2v) is 15.9. The number of hydrogen-bond acceptors (Lipinski definition) is 18. The van der Waals surface area contributed by atoms with E-state index in [0.29, 0.717) is 0 Å². The Hall–Kier alpha value is -7.80. The number of phenolic OH excluding ortho intramolecular Hbond substituents is 11. The lowest BCUT2D eigenvalue weighted by Gasteiger charge is -2.51. The lowest BCUT2D eigenvalue weighted by Crippen LogP contribution is -2.57. The van der Waals surface area contributed by atoms with Crippen molar-refractivity contribution in [3.05, 3.63) is 123 Å². The SMILES string of the molecule is Oc1cc(O)c2c(c1)O[C@@]1(c3ccc(O)c(O)c3)Oc3cc(O)c4c(c3[C@@H]2[C@H]1O)O[C@@H](c1ccc(O)c(O)c1)[C@@H](O)[C@@H]4c1c(O)cc(O)c2c1O[C@H](c1ccc(O)c(O)c1)[C@@H](O)C2. The van der Waals surface area contributed by atoms with Crippen molar-refractivity contribution in [3.63, 3.8) is 0 Å². The van der Waals surface area contributed by atoms with Crippen molar-refractivity contribution in [2.24, 2.45) is 0 Å². The first-order valence-electron chi connectivity index (χ1n) is 19.3. The standard InChI is InChI=1S/C45H36O18/c46-18-10-27(54)33-31(11-18)62-45(17-3-6-22(49)26(53)9-17)44(59)38(33)36-32(63-45)14-29(56)35-37(39(58)41(61-43(35)36)16-2-5-21(48)25(52)8-16)34-28(55)13-23(50)19-12-30(57)40(60-42(19)34)15-1-4-20(47)24(51)7-15/h1-11,13-14,30,37-41,44,46-59H,12H2/t30-,37+,38+,39-,40+,41-,44+,45-/m0/s1. The van der Waals surface area contributed by atoms with E-state index in [4.69, 9.17) is 18.9 Å². The largest absolute Gasteiger partial charge is 0.508 e. The zero-order valence-corrected chi connectivity index (χ0v) is 32.1. The molecule has 8 atom stereocenters. The van der Waals surface area contributed by atoms with E-state index in [1.807, 2.05) is 0 Å². The monoisotopic (exact) mass is 864 g/mol. The molecule has 0 unspecified atom stereocenters. The Labute approximate surface area is 354 Å². The molecule has 0 amide bonds. The number of aliphatic hydroxyl groups is 3. The number of rotatable bonds is 4. The van der Waals surface area contributed by atoms with E-state index in [2.05, 4.69) is 0 Å². The van der Waals surface area contributed by atoms with Gasteiger partial charge in [-0.1, -0.05) is 12.1 Å². The van der Waals surface area contributed by atoms with Crippen molar-refractivity contribution in [3.8, 4) is 86.2 Å². The van der Waals surface area contributed by atoms with Gasteiger partial charge >= 0.3 is 5.79 Å². The molecule has 2 bridgehead atoms. The van der Waals surface area contributed by atoms with Gasteiger partial charge in [0.15, 0.2) is 40.6 Å². The lowest BCUT2D eigenvalue weighted by atomic mass is 9.71. The summed E-state index contributed by atoms with van der Waals surface area (Å²) in [5, 5.41) is 155. The van der Waals surface area contributed by atoms with Crippen LogP contribution in [-0.2, 0) is 12.2 Å². The summed E-state index contributed by atoms with van der Waals surface area (Å²) >= 11 is 0. The fraction of sp³-hybridized carbons (Fsp3) is 0.200. The fourth-order valence-electron chi connectivity index (χ4n) is 9.32. The zero-order valence-electron chi connectivity index (χ0n) is 32.1. The molecule has 10 rings (SSSR count). The van der Waals surface area contributed by atoms with E-state index in [9.17, 15) is 71.5 Å². The molecule has 0 radical (unpaired) electrons. The average molecular weight is 865 g/mol. The first-order valence-corrected chi connectivity index (χ1v) is 19.3. The maximum absolute atomic E-state index is 12.5. The minimum atomic E-state index is -2.31. The molecule has 6 aromatic carbocycles. The highest BCUT2D eigenvalue weighted by Gasteiger charge is 2.61. The molecule has 6 aromatic rings. The van der Waals surface area contributed by atoms with Crippen LogP contribution in [0.1, 0.15) is 68.6 Å². The number of hydrogen-bond donors (Lipinski definition) is 14. The van der Waals surface area contributed by atoms with Crippen molar-refractivity contribution >= 4 is 0 Å². The summed E-state index contributed by atoms with van der Waals surface area (Å²) in [6.07, 6.45) is -8.29. The number of phenols is 11. The number of benzene rings is 6. The third kappa shape index (κ3) is 5.68. The second kappa shape index (κ2) is 13.6. The van der Waals surface area contributed by atoms with E-state index < -0.39 is 111 Å². The van der Waals surface area contributed by atoms with Crippen LogP contribution >= 0.6 is 0 Å². The van der Waals surface area contributed by atoms with E-state index in [1.165, 1.54) is 18.2 Å². The van der Waals surface area contributed by atoms with Gasteiger partial charge < -0.3 is 90.4 Å². The minimum Gasteiger partial charge on any atom is -0.508 e. The predicted octanol–water partition coefficient (Wildman–Crippen LogP) is 4.24. The Bertz CT molecular complexity index is 2910. The number of ether oxygens (including phenoxy) is 4. The van der Waals surface area contributed by atoms with Crippen LogP contribution in [0.15, 0.2) is 78.9 Å². The van der Waals surface area contributed by atoms with Crippen LogP contribution in [0.4, 0.5) is 0 Å². The predicted molar refractivity (Wildman–Crippen MR) is 212 cm³/mol. The van der Waals surface area contributed by atoms with Gasteiger partial charge in [-0.05, 0) is 53.6 Å². The third-order valence-electron chi connectivity index (χ3n) is 12.2. The molecule has 4 aliphatic heterocycles. The summed E-state index contributed by atoms with van der Waals surface area (Å²) in [4.78, 5) is 0. The van der Waals surface area contributed by atoms with Crippen LogP contribution in [0.5, 0.6) is 86.2 Å². The average Bonchev–Trinajstić information content (AvgIpc) is 3.22. The summed E-state index contributed by atoms with van der Waals surface area (Å²) < 4.78 is 25.6. The molecular weight excluding hydrogens is 828 g/mol. The molecule has 18 heteroatoms. The molecule has 18 nitrogen and oxygen atoms in total. The molecule has 324 valence electrons. The maximum atomic E-state index is 12.5. The highest BCUT2D eigenvalue weighted by atomic mass is 16.7. The van der Waals surface area contributed by atoms with Crippen LogP contribution < -0.4 is 18.9 Å². The van der Waals surface area contributed by atoms with Gasteiger partial charge in [-0.2, -0.15) is 0 Å². The van der Waals surface area contributed by atoms with Crippen molar-refractivity contribution in [2.75, 3.05) is 0 Å². The van der Waals surface area contributed by atoms with Gasteiger partial charge in [0.05, 0.1) is 17.9 Å². The van der Waals surface area contributed by atoms with Gasteiger partial charge in [0, 0.05) is 64.1 Å². The van der Waals surface area contributed by atoms with Gasteiger partial charge in [-0.15, -0.1) is 0 Å². The van der Waals surface area contributed by atoms with Crippen LogP contribution in [0.3, 0.4) is 0 Å². The topological polar surface area (TPSA) is 320 Å². The second-order valence-electron chi connectivity index (χ2n) is 15.9. The van der Waals surface area contributed by atoms with Crippen molar-refractivity contribution in [1.82, 2.24) is 0 Å². The summed E-state index contributed by atoms with van der Waals surface area (Å²) in [6, 6.07) is 14.8. The minimum absolute atomic E-state index is 0.0325. The number of aliphatic hydroxyl groups excluding tert-OH is 3. The van der Waals surface area contributed by atoms with E-state index in [0.717, 1.165) is 60.7 Å². The van der Waals surface area contributed by atoms with Crippen LogP contribution in [0.25, 0.3) is 0 Å². The Morgan fingerprint density at radius 1 is 0.444 bits per heavy atom. The first-order chi connectivity index (χ1) is 30.0. The zero-order chi connectivity index (χ0) is 44.5. The van der Waals surface area contributed by atoms with E-state index >= 15 is 0 Å². The fourth-order valence-corrected chi connectivity index (χ4v) is 9.32. The Morgan fingerprint density at radius 2 is 0.984 bits per heavy atom. The van der Waals surface area contributed by atoms with Gasteiger partial charge in [-0.3, -0.25) is 0 Å². The normalized spacial score (nSPS) is 25.2. The summed E-state index contributed by atoms with van der Waals surface area (Å²) in [6.45, 7) is 0. The third-order valence-corrected chi connectivity index (χ3v) is 12.2. The van der Waals surface area contributed by atoms with E-state index in [-0.39, 0.29) is 73.9 Å². The maximum Gasteiger partial charge on any atom is 0.305 e. The molecule has 63 heavy (non-hydrogen) atoms. The molecule has 0 aromatic heterocycles. The van der Waals surface area contributed by atoms with Crippen LogP contribution in [0, 0.1) is 0 Å². The number of fused-ring (bicyclic) bond motifs is 9. The summed E-state index contributed by atoms with van der Waals surface area (Å²) in [5.74, 6) is -12.6. The summed E-state index contributed by atoms with van der Waals surface area (Å²) in [5.41, 5.74) is -0.583. The highest BCUT2D eigenvalue weighted by Crippen LogP contribution is 2.65. The van der Waals surface area contributed by atoms with Gasteiger partial charge in [0.1, 0.15) is 70.1 Å². The Morgan fingerprint density at radius 3 is 1.62 bits per heavy atom. The number of aromatic hydroxyl groups is 11. The quantitative estimate of drug-likeness (QED) is 0.110. The Kier molecular flexibility index (Phi) is 8.49. The Balaban J connectivity index is 1.25. The molecular formula is C45H36O18. The van der Waals surface area contributed by atoms with Gasteiger partial charge in [0.2, 0.25) is 0 Å². The van der Waals surface area contributed by atoms with Gasteiger partial charge in [0.25, 0.3) is 0 Å². The molecule has 0 saturated carbocycles. The summed E-state index contributed by atoms with van der Waals surface area (Å²) in [7, 11) is 0. The van der Waals surface area contributed by atoms with E-state index in [1.54, 1.807) is 0 Å². The molecule has 0 aliphatic carbocycles. The molecule has 4 aliphatic rings. The molecule has 0 spiro atoms. The molecule has 0 fully saturated rings. The molecule has 14 N–H and O–H groups in total. The smallest absolute Gasteiger partial charge is 0.305 e. The van der Waals surface area contributed by atoms with Crippen molar-refractivity contribution in [2.45, 2.75) is 54.6 Å². The molecule has 4 heterocycles. The lowest BCUT2D eigenvalue weighted by molar-refractivity contribution is -0.219. The first kappa shape index (κ1) is 39.3. The van der Waals surface area contributed by atoms with Crippen LogP contribution in [0.2, 0.25) is 0 Å². The van der Waals surface area contributed by atoms with Crippen molar-refractivity contribution in [1.29, 1.82) is 0 Å². The van der Waals surface area contributed by atoms with Gasteiger partial charge in [-0.25, -0.2) is 0 Å².